The fourth-order valence-electron chi connectivity index (χ4n) is 3.30. The number of carbonyl (C=O) groups is 1. The number of nitrogens with zero attached hydrogens (tertiary/aromatic N) is 2. The summed E-state index contributed by atoms with van der Waals surface area (Å²) in [6, 6.07) is 7.97. The molecule has 1 amide bonds. The predicted octanol–water partition coefficient (Wildman–Crippen LogP) is 3.74. The van der Waals surface area contributed by atoms with Crippen LogP contribution < -0.4 is 4.74 Å². The molecular weight excluding hydrogens is 352 g/mol. The van der Waals surface area contributed by atoms with Crippen LogP contribution >= 0.6 is 0 Å². The number of ether oxygens (including phenoxy) is 2. The molecule has 28 heavy (non-hydrogen) atoms. The zero-order valence-electron chi connectivity index (χ0n) is 17.9. The zero-order chi connectivity index (χ0) is 20.4. The molecule has 0 bridgehead atoms. The normalized spacial score (nSPS) is 15.7. The van der Waals surface area contributed by atoms with Gasteiger partial charge < -0.3 is 14.4 Å². The lowest BCUT2D eigenvalue weighted by molar-refractivity contribution is -0.127. The summed E-state index contributed by atoms with van der Waals surface area (Å²) in [5.41, 5.74) is 1.93. The summed E-state index contributed by atoms with van der Waals surface area (Å²) >= 11 is 0. The second-order valence-electron chi connectivity index (χ2n) is 7.90. The van der Waals surface area contributed by atoms with E-state index in [1.54, 1.807) is 7.11 Å². The first-order valence-corrected chi connectivity index (χ1v) is 10.4. The van der Waals surface area contributed by atoms with Crippen molar-refractivity contribution in [3.05, 3.63) is 41.5 Å². The molecule has 0 spiro atoms. The number of methoxy groups -OCH3 is 1. The van der Waals surface area contributed by atoms with Crippen LogP contribution in [0.3, 0.4) is 0 Å². The van der Waals surface area contributed by atoms with E-state index in [9.17, 15) is 4.79 Å². The smallest absolute Gasteiger partial charge is 0.249 e. The van der Waals surface area contributed by atoms with Gasteiger partial charge in [-0.05, 0) is 43.4 Å². The Morgan fingerprint density at radius 2 is 2.07 bits per heavy atom. The zero-order valence-corrected chi connectivity index (χ0v) is 17.9. The van der Waals surface area contributed by atoms with Crippen LogP contribution in [-0.4, -0.2) is 62.2 Å². The molecule has 0 unspecified atom stereocenters. The van der Waals surface area contributed by atoms with Crippen molar-refractivity contribution >= 4 is 5.91 Å². The Kier molecular flexibility index (Phi) is 9.51. The third-order valence-corrected chi connectivity index (χ3v) is 5.03. The molecule has 5 nitrogen and oxygen atoms in total. The predicted molar refractivity (Wildman–Crippen MR) is 113 cm³/mol. The Labute approximate surface area is 170 Å². The van der Waals surface area contributed by atoms with E-state index in [0.29, 0.717) is 12.5 Å². The molecule has 1 aromatic carbocycles. The number of rotatable bonds is 10. The van der Waals surface area contributed by atoms with Crippen molar-refractivity contribution in [1.29, 1.82) is 0 Å². The molecule has 1 aromatic rings. The van der Waals surface area contributed by atoms with Crippen LogP contribution in [-0.2, 0) is 16.1 Å². The number of morpholine rings is 1. The topological polar surface area (TPSA) is 42.0 Å². The van der Waals surface area contributed by atoms with Gasteiger partial charge in [-0.1, -0.05) is 32.1 Å². The SMILES string of the molecule is COc1cccc(CN(CCCN2CCOCC2)C(=O)C(C)=CCC(C)C)c1. The highest BCUT2D eigenvalue weighted by atomic mass is 16.5. The molecule has 2 rings (SSSR count). The van der Waals surface area contributed by atoms with Gasteiger partial charge in [0.1, 0.15) is 5.75 Å². The lowest BCUT2D eigenvalue weighted by Crippen LogP contribution is -2.39. The third-order valence-electron chi connectivity index (χ3n) is 5.03. The molecule has 0 aliphatic carbocycles. The first-order valence-electron chi connectivity index (χ1n) is 10.4. The average Bonchev–Trinajstić information content (AvgIpc) is 2.71. The quantitative estimate of drug-likeness (QED) is 0.573. The van der Waals surface area contributed by atoms with E-state index in [1.807, 2.05) is 30.0 Å². The van der Waals surface area contributed by atoms with Crippen LogP contribution in [0.5, 0.6) is 5.75 Å². The van der Waals surface area contributed by atoms with E-state index in [2.05, 4.69) is 30.9 Å². The highest BCUT2D eigenvalue weighted by Gasteiger charge is 2.17. The lowest BCUT2D eigenvalue weighted by Gasteiger charge is -2.28. The Balaban J connectivity index is 2.02. The van der Waals surface area contributed by atoms with Gasteiger partial charge in [0.2, 0.25) is 5.91 Å². The molecule has 5 heteroatoms. The first kappa shape index (κ1) is 22.4. The molecule has 0 saturated carbocycles. The number of allylic oxidation sites excluding steroid dienone is 1. The molecule has 1 aliphatic rings. The Hall–Kier alpha value is -1.85. The van der Waals surface area contributed by atoms with Gasteiger partial charge in [0.25, 0.3) is 0 Å². The third kappa shape index (κ3) is 7.64. The van der Waals surface area contributed by atoms with Crippen molar-refractivity contribution in [1.82, 2.24) is 9.80 Å². The number of hydrogen-bond acceptors (Lipinski definition) is 4. The highest BCUT2D eigenvalue weighted by molar-refractivity contribution is 5.92. The Bertz CT molecular complexity index is 636. The van der Waals surface area contributed by atoms with Gasteiger partial charge >= 0.3 is 0 Å². The summed E-state index contributed by atoms with van der Waals surface area (Å²) in [6.45, 7) is 12.2. The molecule has 156 valence electrons. The van der Waals surface area contributed by atoms with Crippen LogP contribution in [0.25, 0.3) is 0 Å². The minimum Gasteiger partial charge on any atom is -0.497 e. The fraction of sp³-hybridized carbons (Fsp3) is 0.609. The van der Waals surface area contributed by atoms with Crippen molar-refractivity contribution in [2.75, 3.05) is 46.5 Å². The number of amides is 1. The minimum atomic E-state index is 0.130. The van der Waals surface area contributed by atoms with Crippen molar-refractivity contribution in [3.8, 4) is 5.75 Å². The number of hydrogen-bond donors (Lipinski definition) is 0. The van der Waals surface area contributed by atoms with Crippen LogP contribution in [0.2, 0.25) is 0 Å². The second-order valence-corrected chi connectivity index (χ2v) is 7.90. The minimum absolute atomic E-state index is 0.130. The van der Waals surface area contributed by atoms with Crippen LogP contribution in [0.1, 0.15) is 39.2 Å². The molecule has 1 saturated heterocycles. The maximum absolute atomic E-state index is 13.1. The summed E-state index contributed by atoms with van der Waals surface area (Å²) in [4.78, 5) is 17.5. The average molecular weight is 389 g/mol. The molecule has 0 atom stereocenters. The summed E-state index contributed by atoms with van der Waals surface area (Å²) in [6.07, 6.45) is 3.97. The highest BCUT2D eigenvalue weighted by Crippen LogP contribution is 2.17. The maximum Gasteiger partial charge on any atom is 0.249 e. The summed E-state index contributed by atoms with van der Waals surface area (Å²) < 4.78 is 10.8. The summed E-state index contributed by atoms with van der Waals surface area (Å²) in [5, 5.41) is 0. The van der Waals surface area contributed by atoms with E-state index in [0.717, 1.165) is 69.1 Å². The summed E-state index contributed by atoms with van der Waals surface area (Å²) in [7, 11) is 1.67. The first-order chi connectivity index (χ1) is 13.5. The van der Waals surface area contributed by atoms with E-state index in [-0.39, 0.29) is 5.91 Å². The second kappa shape index (κ2) is 11.9. The molecule has 0 N–H and O–H groups in total. The van der Waals surface area contributed by atoms with Gasteiger partial charge in [-0.2, -0.15) is 0 Å². The van der Waals surface area contributed by atoms with Gasteiger partial charge in [0.05, 0.1) is 20.3 Å². The van der Waals surface area contributed by atoms with Gasteiger partial charge in [-0.3, -0.25) is 9.69 Å². The van der Waals surface area contributed by atoms with Gasteiger partial charge in [-0.15, -0.1) is 0 Å². The number of benzene rings is 1. The van der Waals surface area contributed by atoms with Crippen molar-refractivity contribution in [2.45, 2.75) is 40.2 Å². The molecular formula is C23H36N2O3. The van der Waals surface area contributed by atoms with E-state index in [1.165, 1.54) is 0 Å². The molecule has 0 radical (unpaired) electrons. The van der Waals surface area contributed by atoms with Gasteiger partial charge in [-0.25, -0.2) is 0 Å². The standard InChI is InChI=1S/C23H36N2O3/c1-19(2)9-10-20(3)23(26)25(12-6-11-24-13-15-28-16-14-24)18-21-7-5-8-22(17-21)27-4/h5,7-8,10,17,19H,6,9,11-16,18H2,1-4H3. The Morgan fingerprint density at radius 1 is 1.32 bits per heavy atom. The summed E-state index contributed by atoms with van der Waals surface area (Å²) in [5.74, 6) is 1.51. The van der Waals surface area contributed by atoms with Crippen molar-refractivity contribution in [2.24, 2.45) is 5.92 Å². The molecule has 1 aliphatic heterocycles. The monoisotopic (exact) mass is 388 g/mol. The van der Waals surface area contributed by atoms with Gasteiger partial charge in [0, 0.05) is 38.3 Å². The van der Waals surface area contributed by atoms with E-state index >= 15 is 0 Å². The molecule has 1 fully saturated rings. The van der Waals surface area contributed by atoms with E-state index < -0.39 is 0 Å². The van der Waals surface area contributed by atoms with Crippen LogP contribution in [0.4, 0.5) is 0 Å². The lowest BCUT2D eigenvalue weighted by atomic mass is 10.1. The van der Waals surface area contributed by atoms with Crippen molar-refractivity contribution in [3.63, 3.8) is 0 Å². The molecule has 1 heterocycles. The molecule has 0 aromatic heterocycles. The van der Waals surface area contributed by atoms with Gasteiger partial charge in [0.15, 0.2) is 0 Å². The van der Waals surface area contributed by atoms with E-state index in [4.69, 9.17) is 9.47 Å². The largest absolute Gasteiger partial charge is 0.497 e. The van der Waals surface area contributed by atoms with Crippen molar-refractivity contribution < 1.29 is 14.3 Å². The fourth-order valence-corrected chi connectivity index (χ4v) is 3.30. The van der Waals surface area contributed by atoms with Crippen LogP contribution in [0, 0.1) is 5.92 Å². The maximum atomic E-state index is 13.1. The van der Waals surface area contributed by atoms with Crippen LogP contribution in [0.15, 0.2) is 35.9 Å². The Morgan fingerprint density at radius 3 is 2.75 bits per heavy atom. The number of carbonyl (C=O) groups excluding carboxylic acids is 1.